The zero-order valence-corrected chi connectivity index (χ0v) is 30.6. The van der Waals surface area contributed by atoms with Gasteiger partial charge in [-0.25, -0.2) is 0 Å². The Kier molecular flexibility index (Phi) is 7.39. The van der Waals surface area contributed by atoms with Crippen LogP contribution >= 0.6 is 11.3 Å². The highest BCUT2D eigenvalue weighted by atomic mass is 32.1. The van der Waals surface area contributed by atoms with Crippen molar-refractivity contribution in [2.75, 3.05) is 4.90 Å². The van der Waals surface area contributed by atoms with E-state index in [1.807, 2.05) is 17.4 Å². The van der Waals surface area contributed by atoms with Crippen molar-refractivity contribution in [2.24, 2.45) is 0 Å². The number of hydrogen-bond donors (Lipinski definition) is 0. The molecule has 0 amide bonds. The average Bonchev–Trinajstić information content (AvgIpc) is 3.84. The van der Waals surface area contributed by atoms with Crippen LogP contribution < -0.4 is 4.90 Å². The minimum absolute atomic E-state index is 0.860. The molecule has 0 fully saturated rings. The normalized spacial score (nSPS) is 11.6. The maximum atomic E-state index is 6.84. The second kappa shape index (κ2) is 12.9. The number of fused-ring (bicyclic) bond motifs is 7. The molecule has 0 saturated heterocycles. The highest BCUT2D eigenvalue weighted by molar-refractivity contribution is 7.25. The molecule has 0 spiro atoms. The van der Waals surface area contributed by atoms with E-state index in [0.29, 0.717) is 0 Å². The van der Waals surface area contributed by atoms with E-state index in [1.165, 1.54) is 53.2 Å². The molecule has 0 aliphatic rings. The molecular formula is C52H33NOS. The number of para-hydroxylation sites is 1. The molecule has 0 unspecified atom stereocenters. The molecule has 0 bridgehead atoms. The van der Waals surface area contributed by atoms with Gasteiger partial charge in [0.1, 0.15) is 5.58 Å². The summed E-state index contributed by atoms with van der Waals surface area (Å²) in [6, 6.07) is 72.0. The van der Waals surface area contributed by atoms with Crippen LogP contribution in [0.25, 0.3) is 86.3 Å². The number of furan rings is 1. The van der Waals surface area contributed by atoms with E-state index in [-0.39, 0.29) is 0 Å². The van der Waals surface area contributed by atoms with Crippen LogP contribution in [0.3, 0.4) is 0 Å². The molecule has 0 atom stereocenters. The summed E-state index contributed by atoms with van der Waals surface area (Å²) in [5.41, 5.74) is 12.0. The van der Waals surface area contributed by atoms with Gasteiger partial charge in [0, 0.05) is 42.3 Å². The van der Waals surface area contributed by atoms with Gasteiger partial charge in [-0.05, 0) is 92.7 Å². The third-order valence-electron chi connectivity index (χ3n) is 10.9. The topological polar surface area (TPSA) is 16.4 Å². The molecule has 2 aromatic heterocycles. The van der Waals surface area contributed by atoms with E-state index in [1.54, 1.807) is 0 Å². The van der Waals surface area contributed by atoms with Crippen molar-refractivity contribution in [1.82, 2.24) is 0 Å². The molecule has 0 radical (unpaired) electrons. The quantitative estimate of drug-likeness (QED) is 0.170. The fraction of sp³-hybridized carbons (Fsp3) is 0. The summed E-state index contributed by atoms with van der Waals surface area (Å²) in [5, 5.41) is 7.33. The lowest BCUT2D eigenvalue weighted by molar-refractivity contribution is 0.669. The van der Waals surface area contributed by atoms with Crippen LogP contribution in [0.4, 0.5) is 17.1 Å². The summed E-state index contributed by atoms with van der Waals surface area (Å²) in [6.07, 6.45) is 0. The predicted octanol–water partition coefficient (Wildman–Crippen LogP) is 15.6. The van der Waals surface area contributed by atoms with Gasteiger partial charge in [-0.15, -0.1) is 11.3 Å². The molecule has 0 saturated carbocycles. The molecule has 55 heavy (non-hydrogen) atoms. The smallest absolute Gasteiger partial charge is 0.160 e. The summed E-state index contributed by atoms with van der Waals surface area (Å²) < 4.78 is 9.46. The third kappa shape index (κ3) is 5.24. The number of rotatable bonds is 6. The minimum atomic E-state index is 0.860. The van der Waals surface area contributed by atoms with Crippen LogP contribution in [-0.4, -0.2) is 0 Å². The lowest BCUT2D eigenvalue weighted by Crippen LogP contribution is -2.10. The van der Waals surface area contributed by atoms with Crippen molar-refractivity contribution >= 4 is 81.3 Å². The number of anilines is 3. The second-order valence-corrected chi connectivity index (χ2v) is 15.1. The molecule has 3 heteroatoms. The van der Waals surface area contributed by atoms with Crippen LogP contribution in [-0.2, 0) is 0 Å². The van der Waals surface area contributed by atoms with E-state index in [2.05, 4.69) is 199 Å². The van der Waals surface area contributed by atoms with Crippen molar-refractivity contribution in [3.63, 3.8) is 0 Å². The molecule has 0 aliphatic carbocycles. The zero-order chi connectivity index (χ0) is 36.3. The Bertz CT molecular complexity index is 3190. The molecule has 11 aromatic rings. The fourth-order valence-corrected chi connectivity index (χ4v) is 9.48. The SMILES string of the molecule is c1ccc(-c2ccc(N(c3ccc(-c4cccc5ccccc45)cc3)c3ccc(-c4cccc5sc6ccccc6c45)cc3)c3oc4ccccc4c23)cc1. The van der Waals surface area contributed by atoms with Gasteiger partial charge in [0.25, 0.3) is 0 Å². The van der Waals surface area contributed by atoms with E-state index in [9.17, 15) is 0 Å². The average molecular weight is 720 g/mol. The monoisotopic (exact) mass is 719 g/mol. The molecule has 0 N–H and O–H groups in total. The molecule has 11 rings (SSSR count). The number of hydrogen-bond acceptors (Lipinski definition) is 3. The number of benzene rings is 9. The van der Waals surface area contributed by atoms with Crippen LogP contribution in [0.2, 0.25) is 0 Å². The van der Waals surface area contributed by atoms with Gasteiger partial charge in [-0.1, -0.05) is 152 Å². The lowest BCUT2D eigenvalue weighted by Gasteiger charge is -2.26. The summed E-state index contributed by atoms with van der Waals surface area (Å²) in [5.74, 6) is 0. The number of thiophene rings is 1. The largest absolute Gasteiger partial charge is 0.454 e. The fourth-order valence-electron chi connectivity index (χ4n) is 8.35. The van der Waals surface area contributed by atoms with Crippen molar-refractivity contribution in [3.8, 4) is 33.4 Å². The molecule has 258 valence electrons. The molecule has 2 nitrogen and oxygen atoms in total. The first-order valence-corrected chi connectivity index (χ1v) is 19.5. The van der Waals surface area contributed by atoms with E-state index >= 15 is 0 Å². The Morgan fingerprint density at radius 1 is 0.364 bits per heavy atom. The van der Waals surface area contributed by atoms with Gasteiger partial charge >= 0.3 is 0 Å². The van der Waals surface area contributed by atoms with Crippen LogP contribution in [0.15, 0.2) is 205 Å². The Balaban J connectivity index is 1.10. The second-order valence-electron chi connectivity index (χ2n) is 14.0. The highest BCUT2D eigenvalue weighted by Crippen LogP contribution is 2.47. The summed E-state index contributed by atoms with van der Waals surface area (Å²) in [7, 11) is 0. The first-order chi connectivity index (χ1) is 27.3. The highest BCUT2D eigenvalue weighted by Gasteiger charge is 2.23. The molecular weight excluding hydrogens is 687 g/mol. The van der Waals surface area contributed by atoms with Crippen LogP contribution in [0.1, 0.15) is 0 Å². The standard InChI is InChI=1S/C52H33NOS/c1-2-12-35(13-3-1)43-32-33-46(52-51(43)44-17-6-8-21-47(44)54-52)53(38-28-24-36(25-29-38)41-19-10-15-34-14-4-5-16-40(34)41)39-30-26-37(27-31-39)42-20-11-23-49-50(42)45-18-7-9-22-48(45)55-49/h1-33H. The van der Waals surface area contributed by atoms with E-state index in [0.717, 1.165) is 50.1 Å². The molecule has 2 heterocycles. The van der Waals surface area contributed by atoms with Gasteiger partial charge in [0.05, 0.1) is 5.69 Å². The number of nitrogens with zero attached hydrogens (tertiary/aromatic N) is 1. The minimum Gasteiger partial charge on any atom is -0.454 e. The molecule has 9 aromatic carbocycles. The summed E-state index contributed by atoms with van der Waals surface area (Å²) in [4.78, 5) is 2.34. The van der Waals surface area contributed by atoms with Gasteiger partial charge in [0.15, 0.2) is 5.58 Å². The van der Waals surface area contributed by atoms with Crippen molar-refractivity contribution in [3.05, 3.63) is 200 Å². The van der Waals surface area contributed by atoms with E-state index in [4.69, 9.17) is 4.42 Å². The first-order valence-electron chi connectivity index (χ1n) is 18.7. The Hall–Kier alpha value is -6.94. The van der Waals surface area contributed by atoms with E-state index < -0.39 is 0 Å². The lowest BCUT2D eigenvalue weighted by atomic mass is 9.97. The molecule has 0 aliphatic heterocycles. The van der Waals surface area contributed by atoms with Crippen molar-refractivity contribution in [1.29, 1.82) is 0 Å². The van der Waals surface area contributed by atoms with Crippen molar-refractivity contribution < 1.29 is 4.42 Å². The van der Waals surface area contributed by atoms with Crippen LogP contribution in [0, 0.1) is 0 Å². The van der Waals surface area contributed by atoms with Gasteiger partial charge in [-0.2, -0.15) is 0 Å². The Morgan fingerprint density at radius 2 is 0.927 bits per heavy atom. The van der Waals surface area contributed by atoms with Gasteiger partial charge in [0.2, 0.25) is 0 Å². The Morgan fingerprint density at radius 3 is 1.73 bits per heavy atom. The first kappa shape index (κ1) is 31.6. The van der Waals surface area contributed by atoms with Crippen LogP contribution in [0.5, 0.6) is 0 Å². The zero-order valence-electron chi connectivity index (χ0n) is 29.8. The predicted molar refractivity (Wildman–Crippen MR) is 235 cm³/mol. The Labute approximate surface area is 322 Å². The maximum Gasteiger partial charge on any atom is 0.160 e. The summed E-state index contributed by atoms with van der Waals surface area (Å²) >= 11 is 1.86. The van der Waals surface area contributed by atoms with Gasteiger partial charge in [-0.3, -0.25) is 0 Å². The van der Waals surface area contributed by atoms with Crippen molar-refractivity contribution in [2.45, 2.75) is 0 Å². The maximum absolute atomic E-state index is 6.84. The summed E-state index contributed by atoms with van der Waals surface area (Å²) in [6.45, 7) is 0. The van der Waals surface area contributed by atoms with Gasteiger partial charge < -0.3 is 9.32 Å². The third-order valence-corrected chi connectivity index (χ3v) is 12.0.